The van der Waals surface area contributed by atoms with Crippen LogP contribution in [0.3, 0.4) is 0 Å². The van der Waals surface area contributed by atoms with E-state index in [-0.39, 0.29) is 4.60 Å². The third-order valence-corrected chi connectivity index (χ3v) is 3.00. The van der Waals surface area contributed by atoms with Gasteiger partial charge in [0.1, 0.15) is 15.6 Å². The molecule has 0 aliphatic rings. The second-order valence-electron chi connectivity index (χ2n) is 2.67. The fourth-order valence-corrected chi connectivity index (χ4v) is 2.32. The molecule has 0 bridgehead atoms. The number of hydrogen-bond donors (Lipinski definition) is 1. The molecule has 0 aliphatic carbocycles. The third-order valence-electron chi connectivity index (χ3n) is 1.60. The molecule has 0 fully saturated rings. The Morgan fingerprint density at radius 2 is 2.12 bits per heavy atom. The van der Waals surface area contributed by atoms with Crippen LogP contribution in [-0.4, -0.2) is 13.4 Å². The predicted octanol–water partition coefficient (Wildman–Crippen LogP) is 1.30. The molecule has 1 aromatic rings. The highest BCUT2D eigenvalue weighted by Gasteiger charge is 2.26. The number of halogens is 3. The summed E-state index contributed by atoms with van der Waals surface area (Å²) in [5.41, 5.74) is -1.51. The van der Waals surface area contributed by atoms with Crippen molar-refractivity contribution in [3.05, 3.63) is 21.9 Å². The number of aromatic nitrogens is 1. The van der Waals surface area contributed by atoms with E-state index in [4.69, 9.17) is 10.4 Å². The molecule has 1 heterocycles. The van der Waals surface area contributed by atoms with Crippen molar-refractivity contribution in [1.82, 2.24) is 4.98 Å². The van der Waals surface area contributed by atoms with Crippen LogP contribution in [0.4, 0.5) is 8.78 Å². The molecule has 5 nitrogen and oxygen atoms in total. The van der Waals surface area contributed by atoms with Crippen molar-refractivity contribution >= 4 is 26.0 Å². The third kappa shape index (κ3) is 2.52. The van der Waals surface area contributed by atoms with Crippen molar-refractivity contribution in [2.75, 3.05) is 0 Å². The van der Waals surface area contributed by atoms with E-state index in [0.29, 0.717) is 0 Å². The number of hydrogen-bond acceptors (Lipinski definition) is 4. The summed E-state index contributed by atoms with van der Waals surface area (Å²) in [6.07, 6.45) is -3.07. The Labute approximate surface area is 98.1 Å². The van der Waals surface area contributed by atoms with Gasteiger partial charge in [-0.2, -0.15) is 5.26 Å². The Bertz CT molecular complexity index is 568. The van der Waals surface area contributed by atoms with Gasteiger partial charge in [0.15, 0.2) is 5.69 Å². The molecule has 1 rings (SSSR count). The summed E-state index contributed by atoms with van der Waals surface area (Å²) in [5.74, 6) is 0. The zero-order valence-electron chi connectivity index (χ0n) is 7.49. The minimum atomic E-state index is -4.42. The van der Waals surface area contributed by atoms with Crippen molar-refractivity contribution in [2.24, 2.45) is 5.14 Å². The summed E-state index contributed by atoms with van der Waals surface area (Å²) >= 11 is 2.79. The van der Waals surface area contributed by atoms with Crippen molar-refractivity contribution < 1.29 is 17.2 Å². The quantitative estimate of drug-likeness (QED) is 0.832. The average molecular weight is 312 g/mol. The molecule has 0 saturated heterocycles. The maximum Gasteiger partial charge on any atom is 0.265 e. The largest absolute Gasteiger partial charge is 0.265 e. The summed E-state index contributed by atoms with van der Waals surface area (Å²) in [6.45, 7) is 0. The molecule has 0 atom stereocenters. The molecule has 0 saturated carbocycles. The number of alkyl halides is 2. The van der Waals surface area contributed by atoms with E-state index < -0.39 is 32.6 Å². The predicted molar refractivity (Wildman–Crippen MR) is 53.0 cm³/mol. The highest BCUT2D eigenvalue weighted by molar-refractivity contribution is 9.10. The number of sulfonamides is 1. The fourth-order valence-electron chi connectivity index (χ4n) is 1.06. The van der Waals surface area contributed by atoms with Crippen LogP contribution in [0.2, 0.25) is 0 Å². The molecular weight excluding hydrogens is 308 g/mol. The first-order valence-electron chi connectivity index (χ1n) is 3.69. The van der Waals surface area contributed by atoms with Crippen LogP contribution in [0.1, 0.15) is 17.7 Å². The van der Waals surface area contributed by atoms with Gasteiger partial charge in [-0.3, -0.25) is 0 Å². The fraction of sp³-hybridized carbons (Fsp3) is 0.143. The molecule has 9 heteroatoms. The van der Waals surface area contributed by atoms with Gasteiger partial charge in [0.2, 0.25) is 10.0 Å². The zero-order chi connectivity index (χ0) is 12.5. The summed E-state index contributed by atoms with van der Waals surface area (Å²) in [4.78, 5) is 2.53. The molecule has 0 spiro atoms. The first-order chi connectivity index (χ1) is 7.27. The van der Waals surface area contributed by atoms with Crippen LogP contribution < -0.4 is 5.14 Å². The van der Waals surface area contributed by atoms with Gasteiger partial charge in [0, 0.05) is 5.56 Å². The minimum absolute atomic E-state index is 0.0632. The topological polar surface area (TPSA) is 96.8 Å². The van der Waals surface area contributed by atoms with E-state index >= 15 is 0 Å². The molecule has 0 radical (unpaired) electrons. The summed E-state index contributed by atoms with van der Waals surface area (Å²) in [5, 5.41) is 13.4. The van der Waals surface area contributed by atoms with Gasteiger partial charge in [-0.1, -0.05) is 0 Å². The Kier molecular flexibility index (Phi) is 3.57. The highest BCUT2D eigenvalue weighted by Crippen LogP contribution is 2.29. The van der Waals surface area contributed by atoms with Crippen LogP contribution in [0, 0.1) is 11.3 Å². The molecule has 1 aromatic heterocycles. The maximum atomic E-state index is 12.6. The van der Waals surface area contributed by atoms with E-state index in [2.05, 4.69) is 20.9 Å². The lowest BCUT2D eigenvalue weighted by molar-refractivity contribution is 0.147. The van der Waals surface area contributed by atoms with Crippen LogP contribution in [0.5, 0.6) is 0 Å². The Balaban J connectivity index is 3.74. The lowest BCUT2D eigenvalue weighted by atomic mass is 10.2. The Morgan fingerprint density at radius 1 is 1.56 bits per heavy atom. The first kappa shape index (κ1) is 13.0. The van der Waals surface area contributed by atoms with Gasteiger partial charge in [0.25, 0.3) is 6.43 Å². The lowest BCUT2D eigenvalue weighted by Crippen LogP contribution is -2.17. The zero-order valence-corrected chi connectivity index (χ0v) is 9.89. The molecular formula is C7H4BrF2N3O2S. The van der Waals surface area contributed by atoms with Crippen LogP contribution in [0.25, 0.3) is 0 Å². The van der Waals surface area contributed by atoms with Crippen molar-refractivity contribution in [1.29, 1.82) is 5.26 Å². The highest BCUT2D eigenvalue weighted by atomic mass is 79.9. The Hall–Kier alpha value is -1.11. The molecule has 0 aliphatic heterocycles. The Morgan fingerprint density at radius 3 is 2.50 bits per heavy atom. The molecule has 16 heavy (non-hydrogen) atoms. The van der Waals surface area contributed by atoms with E-state index in [1.54, 1.807) is 0 Å². The van der Waals surface area contributed by atoms with Gasteiger partial charge < -0.3 is 0 Å². The van der Waals surface area contributed by atoms with Gasteiger partial charge in [-0.15, -0.1) is 0 Å². The summed E-state index contributed by atoms with van der Waals surface area (Å²) < 4.78 is 47.3. The van der Waals surface area contributed by atoms with Crippen LogP contribution in [0.15, 0.2) is 15.6 Å². The van der Waals surface area contributed by atoms with E-state index in [9.17, 15) is 17.2 Å². The average Bonchev–Trinajstić information content (AvgIpc) is 2.14. The number of nitrogens with zero attached hydrogens (tertiary/aromatic N) is 2. The van der Waals surface area contributed by atoms with Crippen molar-refractivity contribution in [3.63, 3.8) is 0 Å². The molecule has 86 valence electrons. The van der Waals surface area contributed by atoms with E-state index in [0.717, 1.165) is 6.07 Å². The number of primary sulfonamides is 1. The van der Waals surface area contributed by atoms with E-state index in [1.165, 1.54) is 6.07 Å². The van der Waals surface area contributed by atoms with Gasteiger partial charge in [-0.25, -0.2) is 27.3 Å². The first-order valence-corrected chi connectivity index (χ1v) is 6.02. The van der Waals surface area contributed by atoms with Gasteiger partial charge in [0.05, 0.1) is 0 Å². The number of rotatable bonds is 2. The summed E-state index contributed by atoms with van der Waals surface area (Å²) in [6, 6.07) is 2.22. The minimum Gasteiger partial charge on any atom is -0.229 e. The second kappa shape index (κ2) is 4.40. The van der Waals surface area contributed by atoms with Gasteiger partial charge in [-0.05, 0) is 22.0 Å². The van der Waals surface area contributed by atoms with Crippen LogP contribution >= 0.6 is 15.9 Å². The monoisotopic (exact) mass is 311 g/mol. The molecule has 0 unspecified atom stereocenters. The van der Waals surface area contributed by atoms with Crippen molar-refractivity contribution in [3.8, 4) is 6.07 Å². The molecule has 2 N–H and O–H groups in total. The smallest absolute Gasteiger partial charge is 0.229 e. The SMILES string of the molecule is N#Cc1nc(Br)cc(C(F)F)c1S(N)(=O)=O. The van der Waals surface area contributed by atoms with E-state index in [1.807, 2.05) is 0 Å². The lowest BCUT2D eigenvalue weighted by Gasteiger charge is -2.08. The van der Waals surface area contributed by atoms with Crippen LogP contribution in [-0.2, 0) is 10.0 Å². The standard InChI is InChI=1S/C7H4BrF2N3O2S/c8-5-1-3(7(9)10)6(16(12,14)15)4(2-11)13-5/h1,7H,(H2,12,14,15). The summed E-state index contributed by atoms with van der Waals surface area (Å²) in [7, 11) is -4.42. The molecule has 0 aromatic carbocycles. The molecule has 0 amide bonds. The number of pyridine rings is 1. The second-order valence-corrected chi connectivity index (χ2v) is 4.98. The number of nitriles is 1. The maximum absolute atomic E-state index is 12.6. The normalized spacial score (nSPS) is 11.5. The van der Waals surface area contributed by atoms with Crippen molar-refractivity contribution in [2.45, 2.75) is 11.3 Å². The van der Waals surface area contributed by atoms with Gasteiger partial charge >= 0.3 is 0 Å². The number of nitrogens with two attached hydrogens (primary N) is 1.